The molecule has 0 unspecified atom stereocenters. The first-order valence-corrected chi connectivity index (χ1v) is 8.19. The van der Waals surface area contributed by atoms with E-state index in [1.807, 2.05) is 5.92 Å². The summed E-state index contributed by atoms with van der Waals surface area (Å²) in [7, 11) is -7.54. The zero-order chi connectivity index (χ0) is 13.6. The number of hydrogen-bond acceptors (Lipinski definition) is 5. The Morgan fingerprint density at radius 1 is 1.06 bits per heavy atom. The summed E-state index contributed by atoms with van der Waals surface area (Å²) >= 11 is 0. The van der Waals surface area contributed by atoms with Crippen LogP contribution in [0.15, 0.2) is 35.2 Å². The maximum atomic E-state index is 11.8. The van der Waals surface area contributed by atoms with Crippen LogP contribution in [-0.4, -0.2) is 34.9 Å². The van der Waals surface area contributed by atoms with E-state index in [2.05, 4.69) is 4.18 Å². The van der Waals surface area contributed by atoms with Crippen molar-refractivity contribution in [1.82, 2.24) is 0 Å². The quantitative estimate of drug-likeness (QED) is 0.560. The van der Waals surface area contributed by atoms with E-state index in [1.165, 1.54) is 12.1 Å². The third kappa shape index (κ3) is 4.49. The molecule has 0 saturated carbocycles. The van der Waals surface area contributed by atoms with Gasteiger partial charge >= 0.3 is 0 Å². The fraction of sp³-hybridized carbons (Fsp3) is 0.273. The topological polar surface area (TPSA) is 77.5 Å². The van der Waals surface area contributed by atoms with Crippen LogP contribution in [0.2, 0.25) is 0 Å². The van der Waals surface area contributed by atoms with Crippen molar-refractivity contribution >= 4 is 20.0 Å². The highest BCUT2D eigenvalue weighted by Crippen LogP contribution is 2.10. The fourth-order valence-corrected chi connectivity index (χ4v) is 4.01. The summed E-state index contributed by atoms with van der Waals surface area (Å²) in [6.07, 6.45) is 4.85. The van der Waals surface area contributed by atoms with Crippen LogP contribution < -0.4 is 0 Å². The van der Waals surface area contributed by atoms with Gasteiger partial charge in [0, 0.05) is 0 Å². The molecule has 0 radical (unpaired) electrons. The molecule has 0 saturated heterocycles. The average molecular weight is 288 g/mol. The summed E-state index contributed by atoms with van der Waals surface area (Å²) in [4.78, 5) is 0.0807. The van der Waals surface area contributed by atoms with Gasteiger partial charge in [0.1, 0.15) is 6.61 Å². The van der Waals surface area contributed by atoms with Crippen molar-refractivity contribution in [2.75, 3.05) is 18.1 Å². The molecule has 0 heterocycles. The molecule has 1 rings (SSSR count). The molecule has 0 spiro atoms. The second-order valence-electron chi connectivity index (χ2n) is 3.36. The van der Waals surface area contributed by atoms with Crippen molar-refractivity contribution in [3.05, 3.63) is 30.3 Å². The first kappa shape index (κ1) is 14.7. The van der Waals surface area contributed by atoms with Crippen LogP contribution in [0.5, 0.6) is 0 Å². The fourth-order valence-electron chi connectivity index (χ4n) is 1.14. The molecule has 0 bridgehead atoms. The highest BCUT2D eigenvalue weighted by atomic mass is 32.2. The van der Waals surface area contributed by atoms with Gasteiger partial charge in [-0.1, -0.05) is 24.1 Å². The molecule has 5 nitrogen and oxygen atoms in total. The van der Waals surface area contributed by atoms with Crippen molar-refractivity contribution in [2.45, 2.75) is 4.90 Å². The lowest BCUT2D eigenvalue weighted by Gasteiger charge is -2.05. The lowest BCUT2D eigenvalue weighted by Crippen LogP contribution is -2.19. The van der Waals surface area contributed by atoms with E-state index >= 15 is 0 Å². The summed E-state index contributed by atoms with van der Waals surface area (Å²) in [5.74, 6) is 0.845. The molecule has 1 aromatic carbocycles. The minimum absolute atomic E-state index is 0.0807. The molecule has 0 atom stereocenters. The molecular weight excluding hydrogens is 276 g/mol. The Morgan fingerprint density at radius 3 is 2.22 bits per heavy atom. The number of sulfone groups is 1. The summed E-state index contributed by atoms with van der Waals surface area (Å²) in [5.41, 5.74) is 0. The molecule has 0 aliphatic carbocycles. The van der Waals surface area contributed by atoms with E-state index in [9.17, 15) is 16.8 Å². The van der Waals surface area contributed by atoms with Crippen molar-refractivity contribution in [2.24, 2.45) is 0 Å². The Labute approximate surface area is 107 Å². The molecule has 0 N–H and O–H groups in total. The lowest BCUT2D eigenvalue weighted by molar-refractivity contribution is 0.364. The van der Waals surface area contributed by atoms with Gasteiger partial charge in [-0.05, 0) is 12.1 Å². The summed E-state index contributed by atoms with van der Waals surface area (Å²) in [6.45, 7) is -0.395. The first-order valence-electron chi connectivity index (χ1n) is 4.96. The largest absolute Gasteiger partial charge is 0.269 e. The molecule has 0 amide bonds. The van der Waals surface area contributed by atoms with Crippen LogP contribution >= 0.6 is 0 Å². The standard InChI is InChI=1S/C11H12O5S2/c1-2-8-16-18(14,15)10-9-17(12,13)11-6-4-3-5-7-11/h1,3-7H,8-10H2. The Bertz CT molecular complexity index is 624. The van der Waals surface area contributed by atoms with Gasteiger partial charge in [0.25, 0.3) is 10.1 Å². The maximum absolute atomic E-state index is 11.8. The second-order valence-corrected chi connectivity index (χ2v) is 7.23. The summed E-state index contributed by atoms with van der Waals surface area (Å²) < 4.78 is 50.5. The number of hydrogen-bond donors (Lipinski definition) is 0. The smallest absolute Gasteiger partial charge is 0.257 e. The van der Waals surface area contributed by atoms with E-state index in [4.69, 9.17) is 6.42 Å². The molecule has 18 heavy (non-hydrogen) atoms. The minimum Gasteiger partial charge on any atom is -0.257 e. The van der Waals surface area contributed by atoms with Crippen LogP contribution in [0.1, 0.15) is 0 Å². The molecular formula is C11H12O5S2. The van der Waals surface area contributed by atoms with Gasteiger partial charge < -0.3 is 0 Å². The third-order valence-electron chi connectivity index (χ3n) is 2.03. The molecule has 0 aliphatic heterocycles. The number of terminal acetylenes is 1. The van der Waals surface area contributed by atoms with Gasteiger partial charge in [0.05, 0.1) is 16.4 Å². The predicted molar refractivity (Wildman–Crippen MR) is 67.1 cm³/mol. The van der Waals surface area contributed by atoms with Crippen LogP contribution in [0.25, 0.3) is 0 Å². The van der Waals surface area contributed by atoms with Gasteiger partial charge in [0.2, 0.25) is 0 Å². The zero-order valence-corrected chi connectivity index (χ0v) is 11.1. The normalized spacial score (nSPS) is 11.9. The second kappa shape index (κ2) is 6.00. The van der Waals surface area contributed by atoms with E-state index in [0.717, 1.165) is 0 Å². The van der Waals surface area contributed by atoms with Gasteiger partial charge in [-0.15, -0.1) is 6.42 Å². The predicted octanol–water partition coefficient (Wildman–Crippen LogP) is 0.440. The average Bonchev–Trinajstić information content (AvgIpc) is 2.36. The number of rotatable bonds is 6. The van der Waals surface area contributed by atoms with Crippen molar-refractivity contribution in [3.63, 3.8) is 0 Å². The summed E-state index contributed by atoms with van der Waals surface area (Å²) in [5, 5.41) is 0. The summed E-state index contributed by atoms with van der Waals surface area (Å²) in [6, 6.07) is 7.62. The third-order valence-corrected chi connectivity index (χ3v) is 5.20. The Kier molecular flexibility index (Phi) is 4.90. The molecule has 0 fully saturated rings. The Morgan fingerprint density at radius 2 is 1.67 bits per heavy atom. The monoisotopic (exact) mass is 288 g/mol. The lowest BCUT2D eigenvalue weighted by atomic mass is 10.4. The molecule has 7 heteroatoms. The van der Waals surface area contributed by atoms with Gasteiger partial charge in [-0.3, -0.25) is 4.18 Å². The molecule has 0 aliphatic rings. The van der Waals surface area contributed by atoms with Crippen molar-refractivity contribution < 1.29 is 21.0 Å². The van der Waals surface area contributed by atoms with Crippen LogP contribution in [0.3, 0.4) is 0 Å². The van der Waals surface area contributed by atoms with E-state index in [-0.39, 0.29) is 4.90 Å². The SMILES string of the molecule is C#CCOS(=O)(=O)CCS(=O)(=O)c1ccccc1. The van der Waals surface area contributed by atoms with E-state index in [0.29, 0.717) is 0 Å². The maximum Gasteiger partial charge on any atom is 0.269 e. The van der Waals surface area contributed by atoms with Gasteiger partial charge in [-0.25, -0.2) is 8.42 Å². The first-order chi connectivity index (χ1) is 8.37. The highest BCUT2D eigenvalue weighted by molar-refractivity contribution is 7.93. The molecule has 98 valence electrons. The van der Waals surface area contributed by atoms with Gasteiger partial charge in [-0.2, -0.15) is 8.42 Å². The number of benzene rings is 1. The van der Waals surface area contributed by atoms with Crippen LogP contribution in [0.4, 0.5) is 0 Å². The van der Waals surface area contributed by atoms with Crippen molar-refractivity contribution in [3.8, 4) is 12.3 Å². The van der Waals surface area contributed by atoms with Gasteiger partial charge in [0.15, 0.2) is 9.84 Å². The minimum atomic E-state index is -3.91. The Balaban J connectivity index is 2.73. The van der Waals surface area contributed by atoms with Crippen molar-refractivity contribution in [1.29, 1.82) is 0 Å². The van der Waals surface area contributed by atoms with Crippen LogP contribution in [-0.2, 0) is 24.1 Å². The van der Waals surface area contributed by atoms with E-state index < -0.39 is 38.1 Å². The molecule has 0 aromatic heterocycles. The van der Waals surface area contributed by atoms with Crippen LogP contribution in [0, 0.1) is 12.3 Å². The van der Waals surface area contributed by atoms with E-state index in [1.54, 1.807) is 18.2 Å². The molecule has 1 aromatic rings. The highest BCUT2D eigenvalue weighted by Gasteiger charge is 2.19. The Hall–Kier alpha value is -1.36. The zero-order valence-electron chi connectivity index (χ0n) is 9.44.